The summed E-state index contributed by atoms with van der Waals surface area (Å²) in [7, 11) is 0. The zero-order chi connectivity index (χ0) is 11.2. The smallest absolute Gasteiger partial charge is 0.165 e. The van der Waals surface area contributed by atoms with Crippen molar-refractivity contribution >= 4 is 27.5 Å². The van der Waals surface area contributed by atoms with Gasteiger partial charge in [-0.15, -0.1) is 0 Å². The van der Waals surface area contributed by atoms with E-state index in [9.17, 15) is 0 Å². The average Bonchev–Trinajstić information content (AvgIpc) is 2.89. The molecule has 80 valence electrons. The Morgan fingerprint density at radius 2 is 2.00 bits per heavy atom. The predicted octanol–water partition coefficient (Wildman–Crippen LogP) is 1.83. The van der Waals surface area contributed by atoms with Gasteiger partial charge in [-0.2, -0.15) is 5.10 Å². The number of hydrogen-bond acceptors (Lipinski definition) is 4. The third-order valence-electron chi connectivity index (χ3n) is 2.88. The molecular formula is C12H7N5. The van der Waals surface area contributed by atoms with Gasteiger partial charge in [-0.05, 0) is 12.1 Å². The van der Waals surface area contributed by atoms with Crippen LogP contribution in [0.1, 0.15) is 0 Å². The molecule has 4 aromatic rings. The van der Waals surface area contributed by atoms with E-state index in [1.807, 2.05) is 18.2 Å². The van der Waals surface area contributed by atoms with Gasteiger partial charge < -0.3 is 0 Å². The molecule has 4 heterocycles. The minimum Gasteiger partial charge on any atom is -0.254 e. The Hall–Kier alpha value is -2.56. The van der Waals surface area contributed by atoms with Gasteiger partial charge in [0, 0.05) is 23.2 Å². The van der Waals surface area contributed by atoms with E-state index in [4.69, 9.17) is 0 Å². The third-order valence-corrected chi connectivity index (χ3v) is 2.88. The van der Waals surface area contributed by atoms with Crippen LogP contribution in [0.3, 0.4) is 0 Å². The molecule has 0 aliphatic carbocycles. The number of fused-ring (bicyclic) bond motifs is 6. The predicted molar refractivity (Wildman–Crippen MR) is 63.6 cm³/mol. The van der Waals surface area contributed by atoms with Crippen molar-refractivity contribution in [1.29, 1.82) is 0 Å². The maximum Gasteiger partial charge on any atom is 0.165 e. The maximum atomic E-state index is 4.42. The summed E-state index contributed by atoms with van der Waals surface area (Å²) in [6.45, 7) is 0. The van der Waals surface area contributed by atoms with Crippen LogP contribution in [0.4, 0.5) is 0 Å². The molecule has 17 heavy (non-hydrogen) atoms. The standard InChI is InChI=1S/C12H7N5/c1-2-8-9-6-13-7-15-12(9)17-10(3-5-16-17)11(8)14-4-1/h1-7H. The topological polar surface area (TPSA) is 56.0 Å². The quantitative estimate of drug-likeness (QED) is 0.425. The van der Waals surface area contributed by atoms with Crippen LogP contribution in [0.15, 0.2) is 43.1 Å². The molecule has 5 heteroatoms. The summed E-state index contributed by atoms with van der Waals surface area (Å²) in [6, 6.07) is 5.89. The SMILES string of the molecule is c1cnc2c(c1)c1cncnc1n1nccc21. The van der Waals surface area contributed by atoms with Gasteiger partial charge in [-0.25, -0.2) is 14.5 Å². The van der Waals surface area contributed by atoms with Crippen LogP contribution in [0.5, 0.6) is 0 Å². The molecule has 0 aromatic carbocycles. The Balaban J connectivity index is 2.48. The van der Waals surface area contributed by atoms with Gasteiger partial charge in [0.15, 0.2) is 5.65 Å². The minimum atomic E-state index is 0.806. The number of pyridine rings is 2. The van der Waals surface area contributed by atoms with Crippen LogP contribution in [-0.4, -0.2) is 24.6 Å². The summed E-state index contributed by atoms with van der Waals surface area (Å²) in [5.74, 6) is 0. The molecule has 4 rings (SSSR count). The number of hydrogen-bond donors (Lipinski definition) is 0. The molecule has 0 aliphatic rings. The maximum absolute atomic E-state index is 4.42. The zero-order valence-electron chi connectivity index (χ0n) is 8.78. The highest BCUT2D eigenvalue weighted by Gasteiger charge is 2.09. The average molecular weight is 221 g/mol. The van der Waals surface area contributed by atoms with E-state index in [-0.39, 0.29) is 0 Å². The lowest BCUT2D eigenvalue weighted by molar-refractivity contribution is 0.978. The fraction of sp³-hybridized carbons (Fsp3) is 0. The minimum absolute atomic E-state index is 0.806. The zero-order valence-corrected chi connectivity index (χ0v) is 8.78. The molecule has 0 saturated heterocycles. The summed E-state index contributed by atoms with van der Waals surface area (Å²) in [5, 5.41) is 6.30. The Morgan fingerprint density at radius 1 is 1.00 bits per heavy atom. The summed E-state index contributed by atoms with van der Waals surface area (Å²) in [6.07, 6.45) is 6.87. The van der Waals surface area contributed by atoms with E-state index in [1.54, 1.807) is 23.1 Å². The second-order valence-corrected chi connectivity index (χ2v) is 3.79. The number of aromatic nitrogens is 5. The van der Waals surface area contributed by atoms with Crippen LogP contribution in [0.25, 0.3) is 27.5 Å². The van der Waals surface area contributed by atoms with Crippen molar-refractivity contribution in [3.8, 4) is 0 Å². The fourth-order valence-corrected chi connectivity index (χ4v) is 2.16. The van der Waals surface area contributed by atoms with E-state index < -0.39 is 0 Å². The molecule has 4 aromatic heterocycles. The summed E-state index contributed by atoms with van der Waals surface area (Å²) >= 11 is 0. The second kappa shape index (κ2) is 2.98. The molecule has 0 spiro atoms. The monoisotopic (exact) mass is 221 g/mol. The van der Waals surface area contributed by atoms with Crippen molar-refractivity contribution in [3.05, 3.63) is 43.1 Å². The Morgan fingerprint density at radius 3 is 3.00 bits per heavy atom. The highest BCUT2D eigenvalue weighted by Crippen LogP contribution is 2.25. The Bertz CT molecular complexity index is 779. The summed E-state index contributed by atoms with van der Waals surface area (Å²) < 4.78 is 1.80. The molecule has 0 radical (unpaired) electrons. The molecule has 5 nitrogen and oxygen atoms in total. The molecule has 0 saturated carbocycles. The van der Waals surface area contributed by atoms with Crippen molar-refractivity contribution in [3.63, 3.8) is 0 Å². The summed E-state index contributed by atoms with van der Waals surface area (Å²) in [4.78, 5) is 12.8. The lowest BCUT2D eigenvalue weighted by atomic mass is 10.2. The highest BCUT2D eigenvalue weighted by atomic mass is 15.2. The lowest BCUT2D eigenvalue weighted by Crippen LogP contribution is -1.96. The fourth-order valence-electron chi connectivity index (χ4n) is 2.16. The van der Waals surface area contributed by atoms with Gasteiger partial charge in [0.1, 0.15) is 6.33 Å². The second-order valence-electron chi connectivity index (χ2n) is 3.79. The van der Waals surface area contributed by atoms with E-state index >= 15 is 0 Å². The van der Waals surface area contributed by atoms with E-state index in [2.05, 4.69) is 20.1 Å². The third kappa shape index (κ3) is 1.02. The molecular weight excluding hydrogens is 214 g/mol. The van der Waals surface area contributed by atoms with Gasteiger partial charge in [0.2, 0.25) is 0 Å². The first-order valence-corrected chi connectivity index (χ1v) is 5.25. The van der Waals surface area contributed by atoms with E-state index in [0.29, 0.717) is 0 Å². The van der Waals surface area contributed by atoms with E-state index in [0.717, 1.165) is 27.5 Å². The lowest BCUT2D eigenvalue weighted by Gasteiger charge is -2.04. The normalized spacial score (nSPS) is 11.5. The van der Waals surface area contributed by atoms with Crippen molar-refractivity contribution in [2.45, 2.75) is 0 Å². The van der Waals surface area contributed by atoms with Crippen LogP contribution < -0.4 is 0 Å². The Kier molecular flexibility index (Phi) is 1.50. The van der Waals surface area contributed by atoms with Gasteiger partial charge in [-0.3, -0.25) is 4.98 Å². The molecule has 0 amide bonds. The molecule has 0 fully saturated rings. The largest absolute Gasteiger partial charge is 0.254 e. The van der Waals surface area contributed by atoms with Gasteiger partial charge in [-0.1, -0.05) is 6.07 Å². The van der Waals surface area contributed by atoms with Crippen LogP contribution in [-0.2, 0) is 0 Å². The van der Waals surface area contributed by atoms with Gasteiger partial charge >= 0.3 is 0 Å². The van der Waals surface area contributed by atoms with Crippen molar-refractivity contribution in [1.82, 2.24) is 24.6 Å². The van der Waals surface area contributed by atoms with Crippen molar-refractivity contribution in [2.24, 2.45) is 0 Å². The van der Waals surface area contributed by atoms with Gasteiger partial charge in [0.05, 0.1) is 17.2 Å². The van der Waals surface area contributed by atoms with Crippen LogP contribution in [0.2, 0.25) is 0 Å². The number of rotatable bonds is 0. The first kappa shape index (κ1) is 8.58. The highest BCUT2D eigenvalue weighted by molar-refractivity contribution is 6.09. The first-order valence-electron chi connectivity index (χ1n) is 5.25. The number of nitrogens with zero attached hydrogens (tertiary/aromatic N) is 5. The Labute approximate surface area is 95.8 Å². The van der Waals surface area contributed by atoms with Crippen LogP contribution in [0, 0.1) is 0 Å². The van der Waals surface area contributed by atoms with Crippen molar-refractivity contribution < 1.29 is 0 Å². The first-order chi connectivity index (χ1) is 8.45. The van der Waals surface area contributed by atoms with Gasteiger partial charge in [0.25, 0.3) is 0 Å². The van der Waals surface area contributed by atoms with Crippen LogP contribution >= 0.6 is 0 Å². The molecule has 0 atom stereocenters. The molecule has 0 unspecified atom stereocenters. The van der Waals surface area contributed by atoms with E-state index in [1.165, 1.54) is 6.33 Å². The molecule has 0 N–H and O–H groups in total. The summed E-state index contributed by atoms with van der Waals surface area (Å²) in [5.41, 5.74) is 2.69. The molecule has 0 aliphatic heterocycles. The van der Waals surface area contributed by atoms with Crippen molar-refractivity contribution in [2.75, 3.05) is 0 Å². The molecule has 0 bridgehead atoms.